The number of carbonyl (C=O) groups is 2. The number of carbonyl (C=O) groups excluding carboxylic acids is 2. The molecule has 27 heavy (non-hydrogen) atoms. The van der Waals surface area contributed by atoms with Crippen molar-refractivity contribution in [1.82, 2.24) is 5.32 Å². The summed E-state index contributed by atoms with van der Waals surface area (Å²) in [5.41, 5.74) is 1.98. The highest BCUT2D eigenvalue weighted by molar-refractivity contribution is 5.96. The fourth-order valence-electron chi connectivity index (χ4n) is 3.27. The molecule has 1 heterocycles. The standard InChI is InChI=1S/C22H24FNO3/c1-15(25)19-8-9-21(23)20(13-19)17-4-6-18(7-5-17)22(26)24-11-2-3-16-10-12-27-14-16/h4-9,13,16H,2-3,10-12,14H2,1H3,(H,24,26)/t16-/m0/s1. The van der Waals surface area contributed by atoms with Crippen LogP contribution >= 0.6 is 0 Å². The summed E-state index contributed by atoms with van der Waals surface area (Å²) in [6.07, 6.45) is 3.10. The molecular formula is C22H24FNO3. The topological polar surface area (TPSA) is 55.4 Å². The summed E-state index contributed by atoms with van der Waals surface area (Å²) in [5.74, 6) is -0.0338. The molecule has 0 unspecified atom stereocenters. The number of hydrogen-bond acceptors (Lipinski definition) is 3. The van der Waals surface area contributed by atoms with Crippen LogP contribution in [0.5, 0.6) is 0 Å². The maximum atomic E-state index is 14.1. The Morgan fingerprint density at radius 2 is 1.89 bits per heavy atom. The van der Waals surface area contributed by atoms with E-state index < -0.39 is 5.82 Å². The number of halogens is 1. The van der Waals surface area contributed by atoms with E-state index in [-0.39, 0.29) is 11.7 Å². The highest BCUT2D eigenvalue weighted by Crippen LogP contribution is 2.25. The van der Waals surface area contributed by atoms with Crippen LogP contribution in [0.15, 0.2) is 42.5 Å². The number of Topliss-reactive ketones (excluding diaryl/α,β-unsaturated/α-hetero) is 1. The van der Waals surface area contributed by atoms with Crippen molar-refractivity contribution in [1.29, 1.82) is 0 Å². The molecule has 0 bridgehead atoms. The molecule has 1 fully saturated rings. The highest BCUT2D eigenvalue weighted by Gasteiger charge is 2.15. The van der Waals surface area contributed by atoms with Gasteiger partial charge in [-0.2, -0.15) is 0 Å². The number of ether oxygens (including phenoxy) is 1. The Bertz CT molecular complexity index is 811. The number of hydrogen-bond donors (Lipinski definition) is 1. The Morgan fingerprint density at radius 1 is 1.15 bits per heavy atom. The van der Waals surface area contributed by atoms with Crippen molar-refractivity contribution in [3.05, 3.63) is 59.4 Å². The van der Waals surface area contributed by atoms with Gasteiger partial charge in [0, 0.05) is 36.4 Å². The smallest absolute Gasteiger partial charge is 0.251 e. The maximum absolute atomic E-state index is 14.1. The zero-order chi connectivity index (χ0) is 19.2. The molecule has 1 atom stereocenters. The Labute approximate surface area is 158 Å². The second kappa shape index (κ2) is 8.91. The second-order valence-corrected chi connectivity index (χ2v) is 6.96. The van der Waals surface area contributed by atoms with E-state index in [0.29, 0.717) is 34.7 Å². The largest absolute Gasteiger partial charge is 0.381 e. The van der Waals surface area contributed by atoms with Gasteiger partial charge in [-0.1, -0.05) is 12.1 Å². The monoisotopic (exact) mass is 369 g/mol. The van der Waals surface area contributed by atoms with Crippen LogP contribution in [0.1, 0.15) is 46.9 Å². The lowest BCUT2D eigenvalue weighted by molar-refractivity contribution is 0.0951. The van der Waals surface area contributed by atoms with Gasteiger partial charge >= 0.3 is 0 Å². The van der Waals surface area contributed by atoms with Gasteiger partial charge in [0.25, 0.3) is 5.91 Å². The molecule has 1 saturated heterocycles. The Morgan fingerprint density at radius 3 is 2.56 bits per heavy atom. The van der Waals surface area contributed by atoms with E-state index >= 15 is 0 Å². The summed E-state index contributed by atoms with van der Waals surface area (Å²) < 4.78 is 19.5. The molecule has 0 aromatic heterocycles. The minimum absolute atomic E-state index is 0.114. The van der Waals surface area contributed by atoms with E-state index in [4.69, 9.17) is 4.74 Å². The number of ketones is 1. The summed E-state index contributed by atoms with van der Waals surface area (Å²) in [4.78, 5) is 23.8. The quantitative estimate of drug-likeness (QED) is 0.587. The van der Waals surface area contributed by atoms with Gasteiger partial charge in [-0.3, -0.25) is 9.59 Å². The lowest BCUT2D eigenvalue weighted by atomic mass is 9.99. The summed E-state index contributed by atoms with van der Waals surface area (Å²) in [7, 11) is 0. The van der Waals surface area contributed by atoms with Crippen LogP contribution in [0.4, 0.5) is 4.39 Å². The van der Waals surface area contributed by atoms with Crippen molar-refractivity contribution in [2.75, 3.05) is 19.8 Å². The van der Waals surface area contributed by atoms with Crippen LogP contribution in [0.2, 0.25) is 0 Å². The van der Waals surface area contributed by atoms with Gasteiger partial charge in [0.15, 0.2) is 5.78 Å². The highest BCUT2D eigenvalue weighted by atomic mass is 19.1. The lowest BCUT2D eigenvalue weighted by Crippen LogP contribution is -2.24. The molecule has 0 aliphatic carbocycles. The third-order valence-electron chi connectivity index (χ3n) is 4.93. The fraction of sp³-hybridized carbons (Fsp3) is 0.364. The molecular weight excluding hydrogens is 345 g/mol. The average molecular weight is 369 g/mol. The SMILES string of the molecule is CC(=O)c1ccc(F)c(-c2ccc(C(=O)NCCC[C@H]3CCOC3)cc2)c1. The summed E-state index contributed by atoms with van der Waals surface area (Å²) in [6.45, 7) is 3.76. The van der Waals surface area contributed by atoms with E-state index in [0.717, 1.165) is 32.5 Å². The van der Waals surface area contributed by atoms with E-state index in [2.05, 4.69) is 5.32 Å². The Hall–Kier alpha value is -2.53. The molecule has 5 heteroatoms. The molecule has 142 valence electrons. The number of benzene rings is 2. The van der Waals surface area contributed by atoms with Gasteiger partial charge in [-0.05, 0) is 68.0 Å². The summed E-state index contributed by atoms with van der Waals surface area (Å²) in [5, 5.41) is 2.92. The van der Waals surface area contributed by atoms with Crippen molar-refractivity contribution < 1.29 is 18.7 Å². The minimum Gasteiger partial charge on any atom is -0.381 e. The van der Waals surface area contributed by atoms with Crippen molar-refractivity contribution >= 4 is 11.7 Å². The van der Waals surface area contributed by atoms with E-state index in [1.165, 1.54) is 19.1 Å². The normalized spacial score (nSPS) is 16.3. The van der Waals surface area contributed by atoms with Gasteiger partial charge < -0.3 is 10.1 Å². The van der Waals surface area contributed by atoms with Gasteiger partial charge in [0.1, 0.15) is 5.82 Å². The van der Waals surface area contributed by atoms with Crippen molar-refractivity contribution in [3.63, 3.8) is 0 Å². The van der Waals surface area contributed by atoms with Crippen LogP contribution in [0.25, 0.3) is 11.1 Å². The van der Waals surface area contributed by atoms with Gasteiger partial charge in [-0.25, -0.2) is 4.39 Å². The third kappa shape index (κ3) is 5.01. The van der Waals surface area contributed by atoms with Crippen LogP contribution in [-0.4, -0.2) is 31.4 Å². The number of nitrogens with one attached hydrogen (secondary N) is 1. The molecule has 1 aliphatic heterocycles. The van der Waals surface area contributed by atoms with E-state index in [9.17, 15) is 14.0 Å². The first-order chi connectivity index (χ1) is 13.0. The average Bonchev–Trinajstić information content (AvgIpc) is 3.19. The molecule has 0 radical (unpaired) electrons. The van der Waals surface area contributed by atoms with Gasteiger partial charge in [0.05, 0.1) is 0 Å². The lowest BCUT2D eigenvalue weighted by Gasteiger charge is -2.09. The first-order valence-electron chi connectivity index (χ1n) is 9.31. The van der Waals surface area contributed by atoms with Crippen molar-refractivity contribution in [2.24, 2.45) is 5.92 Å². The molecule has 2 aromatic carbocycles. The van der Waals surface area contributed by atoms with Crippen LogP contribution in [0, 0.1) is 11.7 Å². The van der Waals surface area contributed by atoms with E-state index in [1.807, 2.05) is 0 Å². The molecule has 2 aromatic rings. The minimum atomic E-state index is -0.395. The number of rotatable bonds is 7. The first-order valence-corrected chi connectivity index (χ1v) is 9.31. The van der Waals surface area contributed by atoms with Crippen LogP contribution < -0.4 is 5.32 Å². The molecule has 4 nitrogen and oxygen atoms in total. The molecule has 3 rings (SSSR count). The molecule has 1 amide bonds. The molecule has 1 aliphatic rings. The zero-order valence-electron chi connectivity index (χ0n) is 15.5. The second-order valence-electron chi connectivity index (χ2n) is 6.96. The maximum Gasteiger partial charge on any atom is 0.251 e. The molecule has 0 saturated carbocycles. The van der Waals surface area contributed by atoms with Crippen LogP contribution in [-0.2, 0) is 4.74 Å². The predicted octanol–water partition coefficient (Wildman–Crippen LogP) is 4.24. The summed E-state index contributed by atoms with van der Waals surface area (Å²) in [6, 6.07) is 11.1. The first kappa shape index (κ1) is 19.2. The number of amides is 1. The predicted molar refractivity (Wildman–Crippen MR) is 102 cm³/mol. The van der Waals surface area contributed by atoms with Crippen LogP contribution in [0.3, 0.4) is 0 Å². The summed E-state index contributed by atoms with van der Waals surface area (Å²) >= 11 is 0. The third-order valence-corrected chi connectivity index (χ3v) is 4.93. The Kier molecular flexibility index (Phi) is 6.35. The van der Waals surface area contributed by atoms with Gasteiger partial charge in [-0.15, -0.1) is 0 Å². The fourth-order valence-corrected chi connectivity index (χ4v) is 3.27. The Balaban J connectivity index is 1.58. The zero-order valence-corrected chi connectivity index (χ0v) is 15.5. The van der Waals surface area contributed by atoms with E-state index in [1.54, 1.807) is 30.3 Å². The van der Waals surface area contributed by atoms with Crippen molar-refractivity contribution in [2.45, 2.75) is 26.2 Å². The molecule has 1 N–H and O–H groups in total. The van der Waals surface area contributed by atoms with Crippen molar-refractivity contribution in [3.8, 4) is 11.1 Å². The molecule has 0 spiro atoms. The van der Waals surface area contributed by atoms with Gasteiger partial charge in [0.2, 0.25) is 0 Å².